The van der Waals surface area contributed by atoms with Gasteiger partial charge in [-0.2, -0.15) is 0 Å². The van der Waals surface area contributed by atoms with Gasteiger partial charge in [-0.15, -0.1) is 0 Å². The SMILES string of the molecule is NCc1ccc(NC(=O)CCn2ccnc2)cc1. The van der Waals surface area contributed by atoms with Crippen molar-refractivity contribution in [3.8, 4) is 0 Å². The summed E-state index contributed by atoms with van der Waals surface area (Å²) < 4.78 is 1.87. The van der Waals surface area contributed by atoms with Crippen molar-refractivity contribution in [3.05, 3.63) is 48.5 Å². The molecule has 0 aliphatic rings. The van der Waals surface area contributed by atoms with Gasteiger partial charge in [0.1, 0.15) is 0 Å². The number of rotatable bonds is 5. The largest absolute Gasteiger partial charge is 0.337 e. The van der Waals surface area contributed by atoms with E-state index in [0.717, 1.165) is 11.3 Å². The molecule has 1 heterocycles. The Labute approximate surface area is 106 Å². The highest BCUT2D eigenvalue weighted by atomic mass is 16.1. The Morgan fingerprint density at radius 1 is 1.33 bits per heavy atom. The number of nitrogens with zero attached hydrogens (tertiary/aromatic N) is 2. The number of amides is 1. The summed E-state index contributed by atoms with van der Waals surface area (Å²) in [4.78, 5) is 15.6. The van der Waals surface area contributed by atoms with E-state index in [0.29, 0.717) is 19.5 Å². The quantitative estimate of drug-likeness (QED) is 0.834. The fraction of sp³-hybridized carbons (Fsp3) is 0.231. The summed E-state index contributed by atoms with van der Waals surface area (Å²) in [5, 5.41) is 2.84. The molecule has 0 unspecified atom stereocenters. The van der Waals surface area contributed by atoms with Gasteiger partial charge in [-0.1, -0.05) is 12.1 Å². The lowest BCUT2D eigenvalue weighted by molar-refractivity contribution is -0.116. The van der Waals surface area contributed by atoms with Crippen LogP contribution in [-0.4, -0.2) is 15.5 Å². The highest BCUT2D eigenvalue weighted by Gasteiger charge is 2.02. The number of nitrogens with one attached hydrogen (secondary N) is 1. The molecule has 0 saturated heterocycles. The Morgan fingerprint density at radius 3 is 2.72 bits per heavy atom. The van der Waals surface area contributed by atoms with Gasteiger partial charge in [0.25, 0.3) is 0 Å². The zero-order valence-corrected chi connectivity index (χ0v) is 10.0. The summed E-state index contributed by atoms with van der Waals surface area (Å²) in [6.07, 6.45) is 5.66. The summed E-state index contributed by atoms with van der Waals surface area (Å²) >= 11 is 0. The van der Waals surface area contributed by atoms with Crippen molar-refractivity contribution < 1.29 is 4.79 Å². The number of carbonyl (C=O) groups excluding carboxylic acids is 1. The van der Waals surface area contributed by atoms with E-state index in [2.05, 4.69) is 10.3 Å². The van der Waals surface area contributed by atoms with Crippen LogP contribution in [0.15, 0.2) is 43.0 Å². The molecular formula is C13H16N4O. The summed E-state index contributed by atoms with van der Waals surface area (Å²) in [6, 6.07) is 7.53. The summed E-state index contributed by atoms with van der Waals surface area (Å²) in [5.74, 6) is -0.0100. The van der Waals surface area contributed by atoms with Crippen molar-refractivity contribution in [2.45, 2.75) is 19.5 Å². The van der Waals surface area contributed by atoms with Crippen molar-refractivity contribution in [2.75, 3.05) is 5.32 Å². The smallest absolute Gasteiger partial charge is 0.226 e. The molecule has 3 N–H and O–H groups in total. The Bertz CT molecular complexity index is 490. The third kappa shape index (κ3) is 3.43. The van der Waals surface area contributed by atoms with Gasteiger partial charge in [0.15, 0.2) is 0 Å². The minimum Gasteiger partial charge on any atom is -0.337 e. The van der Waals surface area contributed by atoms with Crippen LogP contribution in [0.4, 0.5) is 5.69 Å². The maximum atomic E-state index is 11.7. The van der Waals surface area contributed by atoms with Gasteiger partial charge in [0.2, 0.25) is 5.91 Å². The van der Waals surface area contributed by atoms with Crippen LogP contribution in [0.2, 0.25) is 0 Å². The standard InChI is InChI=1S/C13H16N4O/c14-9-11-1-3-12(4-2-11)16-13(18)5-7-17-8-6-15-10-17/h1-4,6,8,10H,5,7,9,14H2,(H,16,18). The van der Waals surface area contributed by atoms with Gasteiger partial charge in [-0.05, 0) is 17.7 Å². The topological polar surface area (TPSA) is 72.9 Å². The molecule has 0 spiro atoms. The highest BCUT2D eigenvalue weighted by Crippen LogP contribution is 2.09. The van der Waals surface area contributed by atoms with E-state index in [1.165, 1.54) is 0 Å². The number of anilines is 1. The normalized spacial score (nSPS) is 10.3. The van der Waals surface area contributed by atoms with Gasteiger partial charge >= 0.3 is 0 Å². The molecule has 0 aliphatic carbocycles. The number of benzene rings is 1. The van der Waals surface area contributed by atoms with Crippen LogP contribution in [0.25, 0.3) is 0 Å². The van der Waals surface area contributed by atoms with E-state index in [9.17, 15) is 4.79 Å². The first kappa shape index (κ1) is 12.3. The first-order valence-corrected chi connectivity index (χ1v) is 5.82. The number of imidazole rings is 1. The molecule has 5 heteroatoms. The van der Waals surface area contributed by atoms with Gasteiger partial charge in [-0.25, -0.2) is 4.98 Å². The molecule has 18 heavy (non-hydrogen) atoms. The van der Waals surface area contributed by atoms with Gasteiger partial charge in [0.05, 0.1) is 6.33 Å². The van der Waals surface area contributed by atoms with E-state index < -0.39 is 0 Å². The molecule has 0 bridgehead atoms. The number of hydrogen-bond acceptors (Lipinski definition) is 3. The van der Waals surface area contributed by atoms with Gasteiger partial charge in [-0.3, -0.25) is 4.79 Å². The fourth-order valence-electron chi connectivity index (χ4n) is 1.60. The summed E-state index contributed by atoms with van der Waals surface area (Å²) in [5.41, 5.74) is 7.35. The Hall–Kier alpha value is -2.14. The summed E-state index contributed by atoms with van der Waals surface area (Å²) in [6.45, 7) is 1.14. The predicted molar refractivity (Wildman–Crippen MR) is 69.8 cm³/mol. The molecule has 0 saturated carbocycles. The number of aromatic nitrogens is 2. The lowest BCUT2D eigenvalue weighted by Gasteiger charge is -2.06. The second kappa shape index (κ2) is 5.97. The average molecular weight is 244 g/mol. The average Bonchev–Trinajstić information content (AvgIpc) is 2.90. The predicted octanol–water partition coefficient (Wildman–Crippen LogP) is 1.37. The summed E-state index contributed by atoms with van der Waals surface area (Å²) in [7, 11) is 0. The van der Waals surface area contributed by atoms with E-state index in [4.69, 9.17) is 5.73 Å². The minimum absolute atomic E-state index is 0.0100. The number of carbonyl (C=O) groups is 1. The maximum Gasteiger partial charge on any atom is 0.226 e. The van der Waals surface area contributed by atoms with Crippen molar-refractivity contribution in [3.63, 3.8) is 0 Å². The van der Waals surface area contributed by atoms with E-state index in [1.807, 2.05) is 35.0 Å². The molecule has 0 atom stereocenters. The molecule has 0 aliphatic heterocycles. The minimum atomic E-state index is -0.0100. The van der Waals surface area contributed by atoms with Crippen molar-refractivity contribution in [1.29, 1.82) is 0 Å². The monoisotopic (exact) mass is 244 g/mol. The highest BCUT2D eigenvalue weighted by molar-refractivity contribution is 5.90. The third-order valence-electron chi connectivity index (χ3n) is 2.63. The first-order valence-electron chi connectivity index (χ1n) is 5.82. The van der Waals surface area contributed by atoms with E-state index in [-0.39, 0.29) is 5.91 Å². The zero-order valence-electron chi connectivity index (χ0n) is 10.0. The molecule has 0 radical (unpaired) electrons. The zero-order chi connectivity index (χ0) is 12.8. The molecule has 2 aromatic rings. The van der Waals surface area contributed by atoms with Crippen LogP contribution < -0.4 is 11.1 Å². The Morgan fingerprint density at radius 2 is 2.11 bits per heavy atom. The Balaban J connectivity index is 1.83. The molecule has 0 fully saturated rings. The number of hydrogen-bond donors (Lipinski definition) is 2. The van der Waals surface area contributed by atoms with E-state index >= 15 is 0 Å². The fourth-order valence-corrected chi connectivity index (χ4v) is 1.60. The van der Waals surface area contributed by atoms with Crippen LogP contribution >= 0.6 is 0 Å². The lowest BCUT2D eigenvalue weighted by atomic mass is 10.2. The second-order valence-corrected chi connectivity index (χ2v) is 4.00. The van der Waals surface area contributed by atoms with E-state index in [1.54, 1.807) is 12.5 Å². The molecule has 1 aromatic carbocycles. The van der Waals surface area contributed by atoms with Crippen LogP contribution in [0.1, 0.15) is 12.0 Å². The number of nitrogens with two attached hydrogens (primary N) is 1. The first-order chi connectivity index (χ1) is 8.78. The lowest BCUT2D eigenvalue weighted by Crippen LogP contribution is -2.14. The van der Waals surface area contributed by atoms with Crippen LogP contribution in [-0.2, 0) is 17.9 Å². The van der Waals surface area contributed by atoms with Crippen LogP contribution in [0.3, 0.4) is 0 Å². The second-order valence-electron chi connectivity index (χ2n) is 4.00. The van der Waals surface area contributed by atoms with Crippen molar-refractivity contribution in [1.82, 2.24) is 9.55 Å². The van der Waals surface area contributed by atoms with Gasteiger partial charge < -0.3 is 15.6 Å². The van der Waals surface area contributed by atoms with Crippen LogP contribution in [0, 0.1) is 0 Å². The maximum absolute atomic E-state index is 11.7. The van der Waals surface area contributed by atoms with Crippen LogP contribution in [0.5, 0.6) is 0 Å². The number of aryl methyl sites for hydroxylation is 1. The molecule has 1 amide bonds. The van der Waals surface area contributed by atoms with Crippen molar-refractivity contribution in [2.24, 2.45) is 5.73 Å². The molecule has 2 rings (SSSR count). The molecule has 94 valence electrons. The molecular weight excluding hydrogens is 228 g/mol. The third-order valence-corrected chi connectivity index (χ3v) is 2.63. The van der Waals surface area contributed by atoms with Crippen molar-refractivity contribution >= 4 is 11.6 Å². The Kier molecular flexibility index (Phi) is 4.09. The van der Waals surface area contributed by atoms with Gasteiger partial charge in [0, 0.05) is 37.6 Å². The molecule has 5 nitrogen and oxygen atoms in total. The molecule has 1 aromatic heterocycles.